The maximum absolute atomic E-state index is 13.2. The summed E-state index contributed by atoms with van der Waals surface area (Å²) in [6, 6.07) is 8.24. The lowest BCUT2D eigenvalue weighted by atomic mass is 10.00. The summed E-state index contributed by atoms with van der Waals surface area (Å²) >= 11 is 0. The topological polar surface area (TPSA) is 119 Å². The van der Waals surface area contributed by atoms with E-state index in [4.69, 9.17) is 0 Å². The molecule has 29 heavy (non-hydrogen) atoms. The summed E-state index contributed by atoms with van der Waals surface area (Å²) < 4.78 is 0. The Labute approximate surface area is 167 Å². The van der Waals surface area contributed by atoms with Crippen molar-refractivity contribution in [2.45, 2.75) is 25.9 Å². The second kappa shape index (κ2) is 7.67. The van der Waals surface area contributed by atoms with E-state index in [-0.39, 0.29) is 37.2 Å². The summed E-state index contributed by atoms with van der Waals surface area (Å²) in [5.74, 6) is -0.677. The Hall–Kier alpha value is -3.20. The number of carbonyl (C=O) groups is 3. The van der Waals surface area contributed by atoms with Crippen molar-refractivity contribution in [2.75, 3.05) is 24.5 Å². The van der Waals surface area contributed by atoms with Crippen LogP contribution < -0.4 is 10.2 Å². The molecule has 9 nitrogen and oxygen atoms in total. The molecular formula is C20H23N5O4. The number of amides is 4. The molecule has 3 heterocycles. The molecule has 4 amide bonds. The minimum Gasteiger partial charge on any atom is -0.391 e. The molecule has 0 unspecified atom stereocenters. The fourth-order valence-electron chi connectivity index (χ4n) is 3.92. The van der Waals surface area contributed by atoms with Crippen molar-refractivity contribution in [2.24, 2.45) is 5.92 Å². The number of aryl methyl sites for hydroxylation is 1. The summed E-state index contributed by atoms with van der Waals surface area (Å²) in [5, 5.41) is 19.9. The smallest absolute Gasteiger partial charge is 0.328 e. The maximum atomic E-state index is 13.2. The van der Waals surface area contributed by atoms with Crippen LogP contribution in [0.15, 0.2) is 30.3 Å². The maximum Gasteiger partial charge on any atom is 0.328 e. The number of benzene rings is 1. The first-order chi connectivity index (χ1) is 13.9. The van der Waals surface area contributed by atoms with E-state index in [2.05, 4.69) is 15.5 Å². The number of hydrogen-bond acceptors (Lipinski definition) is 5. The molecule has 3 N–H and O–H groups in total. The highest BCUT2D eigenvalue weighted by molar-refractivity contribution is 6.09. The number of H-pyrrole nitrogens is 1. The number of nitrogens with one attached hydrogen (secondary N) is 2. The fourth-order valence-corrected chi connectivity index (χ4v) is 3.92. The van der Waals surface area contributed by atoms with Gasteiger partial charge in [-0.05, 0) is 31.5 Å². The van der Waals surface area contributed by atoms with Crippen LogP contribution in [-0.4, -0.2) is 63.8 Å². The summed E-state index contributed by atoms with van der Waals surface area (Å²) in [4.78, 5) is 39.9. The molecule has 4 rings (SSSR count). The van der Waals surface area contributed by atoms with Gasteiger partial charge in [0.25, 0.3) is 5.91 Å². The van der Waals surface area contributed by atoms with Gasteiger partial charge in [0.1, 0.15) is 0 Å². The molecule has 2 saturated heterocycles. The molecule has 0 aliphatic carbocycles. The number of nitrogens with zero attached hydrogens (tertiary/aromatic N) is 3. The lowest BCUT2D eigenvalue weighted by Gasteiger charge is -2.29. The second-order valence-corrected chi connectivity index (χ2v) is 7.56. The number of carbonyl (C=O) groups excluding carboxylic acids is 3. The van der Waals surface area contributed by atoms with E-state index in [1.54, 1.807) is 29.2 Å². The second-order valence-electron chi connectivity index (χ2n) is 7.56. The summed E-state index contributed by atoms with van der Waals surface area (Å²) in [6.07, 6.45) is 0.120. The van der Waals surface area contributed by atoms with Gasteiger partial charge in [-0.25, -0.2) is 4.79 Å². The number of aromatic amines is 1. The van der Waals surface area contributed by atoms with Gasteiger partial charge in [0.05, 0.1) is 23.0 Å². The number of anilines is 1. The zero-order chi connectivity index (χ0) is 20.5. The third-order valence-corrected chi connectivity index (χ3v) is 5.40. The SMILES string of the molecule is Cc1cc(C[C@@H]2CN(C(=O)c3ccccc3N3CCC(=O)NC3=O)C[C@H]2O)n[nH]1. The average molecular weight is 397 g/mol. The molecule has 9 heteroatoms. The Balaban J connectivity index is 1.51. The highest BCUT2D eigenvalue weighted by Crippen LogP contribution is 2.27. The van der Waals surface area contributed by atoms with Crippen molar-refractivity contribution in [1.82, 2.24) is 20.4 Å². The highest BCUT2D eigenvalue weighted by Gasteiger charge is 2.36. The largest absolute Gasteiger partial charge is 0.391 e. The van der Waals surface area contributed by atoms with Crippen molar-refractivity contribution < 1.29 is 19.5 Å². The molecule has 2 fully saturated rings. The molecule has 0 saturated carbocycles. The van der Waals surface area contributed by atoms with E-state index in [9.17, 15) is 19.5 Å². The van der Waals surface area contributed by atoms with Crippen LogP contribution in [0, 0.1) is 12.8 Å². The number of likely N-dealkylation sites (tertiary alicyclic amines) is 1. The van der Waals surface area contributed by atoms with Crippen LogP contribution in [-0.2, 0) is 11.2 Å². The summed E-state index contributed by atoms with van der Waals surface area (Å²) in [5.41, 5.74) is 2.65. The van der Waals surface area contributed by atoms with Crippen molar-refractivity contribution in [3.8, 4) is 0 Å². The van der Waals surface area contributed by atoms with E-state index in [0.717, 1.165) is 11.4 Å². The Morgan fingerprint density at radius 2 is 2.07 bits per heavy atom. The standard InChI is InChI=1S/C20H23N5O4/c1-12-8-14(23-22-12)9-13-10-24(11-17(13)26)19(28)15-4-2-3-5-16(15)25-7-6-18(27)21-20(25)29/h2-5,8,13,17,26H,6-7,9-11H2,1H3,(H,22,23)(H,21,27,29)/t13-,17-/m1/s1. The predicted molar refractivity (Wildman–Crippen MR) is 104 cm³/mol. The number of aliphatic hydroxyl groups excluding tert-OH is 1. The summed E-state index contributed by atoms with van der Waals surface area (Å²) in [6.45, 7) is 2.77. The number of para-hydroxylation sites is 1. The molecule has 152 valence electrons. The van der Waals surface area contributed by atoms with Crippen LogP contribution in [0.3, 0.4) is 0 Å². The monoisotopic (exact) mass is 397 g/mol. The first-order valence-corrected chi connectivity index (χ1v) is 9.61. The van der Waals surface area contributed by atoms with E-state index in [1.165, 1.54) is 4.90 Å². The normalized spacial score (nSPS) is 22.1. The number of β-amino-alcohol motifs (C(OH)–C–C–N with tert-alkyl or cyclic N) is 1. The molecule has 2 atom stereocenters. The van der Waals surface area contributed by atoms with Crippen molar-refractivity contribution in [3.63, 3.8) is 0 Å². The van der Waals surface area contributed by atoms with Crippen molar-refractivity contribution >= 4 is 23.5 Å². The third kappa shape index (κ3) is 3.86. The fraction of sp³-hybridized carbons (Fsp3) is 0.400. The molecule has 0 radical (unpaired) electrons. The molecule has 0 spiro atoms. The van der Waals surface area contributed by atoms with E-state index < -0.39 is 12.1 Å². The van der Waals surface area contributed by atoms with Crippen LogP contribution >= 0.6 is 0 Å². The molecule has 2 aliphatic rings. The van der Waals surface area contributed by atoms with Crippen LogP contribution in [0.5, 0.6) is 0 Å². The number of rotatable bonds is 4. The van der Waals surface area contributed by atoms with Crippen LogP contribution in [0.4, 0.5) is 10.5 Å². The van der Waals surface area contributed by atoms with Crippen LogP contribution in [0.2, 0.25) is 0 Å². The number of urea groups is 1. The van der Waals surface area contributed by atoms with E-state index in [1.807, 2.05) is 13.0 Å². The van der Waals surface area contributed by atoms with Gasteiger partial charge < -0.3 is 10.0 Å². The van der Waals surface area contributed by atoms with Gasteiger partial charge >= 0.3 is 6.03 Å². The number of imide groups is 1. The minimum atomic E-state index is -0.640. The first kappa shape index (κ1) is 19.1. The first-order valence-electron chi connectivity index (χ1n) is 9.61. The van der Waals surface area contributed by atoms with Gasteiger partial charge in [-0.3, -0.25) is 24.9 Å². The third-order valence-electron chi connectivity index (χ3n) is 5.40. The molecule has 1 aromatic heterocycles. The summed E-state index contributed by atoms with van der Waals surface area (Å²) in [7, 11) is 0. The van der Waals surface area contributed by atoms with Gasteiger partial charge in [-0.2, -0.15) is 5.10 Å². The van der Waals surface area contributed by atoms with Gasteiger partial charge in [0.15, 0.2) is 0 Å². The minimum absolute atomic E-state index is 0.107. The predicted octanol–water partition coefficient (Wildman–Crippen LogP) is 0.840. The van der Waals surface area contributed by atoms with Gasteiger partial charge in [0, 0.05) is 37.7 Å². The van der Waals surface area contributed by atoms with Gasteiger partial charge in [-0.15, -0.1) is 0 Å². The Bertz CT molecular complexity index is 956. The quantitative estimate of drug-likeness (QED) is 0.706. The highest BCUT2D eigenvalue weighted by atomic mass is 16.3. The number of aliphatic hydroxyl groups is 1. The lowest BCUT2D eigenvalue weighted by molar-refractivity contribution is -0.120. The molecule has 2 aromatic rings. The van der Waals surface area contributed by atoms with Crippen LogP contribution in [0.1, 0.15) is 28.2 Å². The Morgan fingerprint density at radius 1 is 1.28 bits per heavy atom. The molecule has 2 aliphatic heterocycles. The molecule has 1 aromatic carbocycles. The van der Waals surface area contributed by atoms with E-state index in [0.29, 0.717) is 24.2 Å². The van der Waals surface area contributed by atoms with Crippen molar-refractivity contribution in [1.29, 1.82) is 0 Å². The average Bonchev–Trinajstić information content (AvgIpc) is 3.27. The van der Waals surface area contributed by atoms with Gasteiger partial charge in [-0.1, -0.05) is 12.1 Å². The van der Waals surface area contributed by atoms with E-state index >= 15 is 0 Å². The number of hydrogen-bond donors (Lipinski definition) is 3. The van der Waals surface area contributed by atoms with Gasteiger partial charge in [0.2, 0.25) is 5.91 Å². The molecule has 0 bridgehead atoms. The lowest BCUT2D eigenvalue weighted by Crippen LogP contribution is -2.50. The zero-order valence-electron chi connectivity index (χ0n) is 16.1. The number of aromatic nitrogens is 2. The Kier molecular flexibility index (Phi) is 5.06. The molecular weight excluding hydrogens is 374 g/mol. The Morgan fingerprint density at radius 3 is 2.79 bits per heavy atom. The van der Waals surface area contributed by atoms with Crippen molar-refractivity contribution in [3.05, 3.63) is 47.3 Å². The van der Waals surface area contributed by atoms with Crippen LogP contribution in [0.25, 0.3) is 0 Å². The zero-order valence-corrected chi connectivity index (χ0v) is 16.1.